The molecule has 1 rings (SSSR count). The van der Waals surface area contributed by atoms with E-state index in [9.17, 15) is 0 Å². The first-order valence-electron chi connectivity index (χ1n) is 3.69. The number of aryl methyl sites for hydroxylation is 1. The number of halogens is 1. The van der Waals surface area contributed by atoms with Gasteiger partial charge in [0.15, 0.2) is 0 Å². The highest BCUT2D eigenvalue weighted by atomic mass is 35.5. The number of hydrogen-bond donors (Lipinski definition) is 1. The molecule has 0 amide bonds. The van der Waals surface area contributed by atoms with Crippen LogP contribution in [-0.2, 0) is 13.0 Å². The van der Waals surface area contributed by atoms with E-state index in [-0.39, 0.29) is 0 Å². The number of nitrogens with two attached hydrogens (primary N) is 1. The highest BCUT2D eigenvalue weighted by Gasteiger charge is 2.04. The van der Waals surface area contributed by atoms with E-state index >= 15 is 0 Å². The van der Waals surface area contributed by atoms with Gasteiger partial charge in [-0.1, -0.05) is 11.6 Å². The Labute approximate surface area is 71.1 Å². The molecule has 0 aliphatic carbocycles. The molecule has 62 valence electrons. The fraction of sp³-hybridized carbons (Fsp3) is 0.571. The topological polar surface area (TPSA) is 43.8 Å². The highest BCUT2D eigenvalue weighted by molar-refractivity contribution is 6.30. The van der Waals surface area contributed by atoms with Gasteiger partial charge >= 0.3 is 0 Å². The van der Waals surface area contributed by atoms with Crippen LogP contribution in [0.3, 0.4) is 0 Å². The number of nitrogens with zero attached hydrogens (tertiary/aromatic N) is 2. The van der Waals surface area contributed by atoms with Crippen molar-refractivity contribution in [1.82, 2.24) is 9.78 Å². The van der Waals surface area contributed by atoms with E-state index in [1.54, 1.807) is 10.9 Å². The minimum absolute atomic E-state index is 0.620. The number of hydrogen-bond acceptors (Lipinski definition) is 2. The summed E-state index contributed by atoms with van der Waals surface area (Å²) in [5, 5.41) is 4.80. The Morgan fingerprint density at radius 3 is 2.91 bits per heavy atom. The van der Waals surface area contributed by atoms with Crippen LogP contribution in [0.2, 0.25) is 5.15 Å². The molecule has 11 heavy (non-hydrogen) atoms. The van der Waals surface area contributed by atoms with E-state index < -0.39 is 0 Å². The first-order valence-corrected chi connectivity index (χ1v) is 4.07. The zero-order valence-electron chi connectivity index (χ0n) is 6.55. The second-order valence-electron chi connectivity index (χ2n) is 2.32. The maximum Gasteiger partial charge on any atom is 0.130 e. The van der Waals surface area contributed by atoms with Crippen LogP contribution in [0.4, 0.5) is 0 Å². The first kappa shape index (κ1) is 8.56. The lowest BCUT2D eigenvalue weighted by molar-refractivity contribution is 0.660. The van der Waals surface area contributed by atoms with Gasteiger partial charge in [-0.3, -0.25) is 4.68 Å². The Morgan fingerprint density at radius 1 is 1.73 bits per heavy atom. The van der Waals surface area contributed by atoms with Gasteiger partial charge in [-0.05, 0) is 19.9 Å². The van der Waals surface area contributed by atoms with E-state index in [0.717, 1.165) is 23.7 Å². The molecule has 0 atom stereocenters. The van der Waals surface area contributed by atoms with Crippen LogP contribution in [-0.4, -0.2) is 16.3 Å². The molecule has 0 unspecified atom stereocenters. The van der Waals surface area contributed by atoms with Crippen molar-refractivity contribution in [2.75, 3.05) is 6.54 Å². The molecule has 0 saturated carbocycles. The Hall–Kier alpha value is -0.540. The molecule has 4 heteroatoms. The molecule has 1 aromatic rings. The molecule has 0 bridgehead atoms. The molecule has 1 heterocycles. The maximum atomic E-state index is 5.95. The van der Waals surface area contributed by atoms with Crippen molar-refractivity contribution in [1.29, 1.82) is 0 Å². The summed E-state index contributed by atoms with van der Waals surface area (Å²) in [6.45, 7) is 3.43. The van der Waals surface area contributed by atoms with Gasteiger partial charge in [0.05, 0.1) is 6.20 Å². The fourth-order valence-corrected chi connectivity index (χ4v) is 1.26. The highest BCUT2D eigenvalue weighted by Crippen LogP contribution is 2.14. The van der Waals surface area contributed by atoms with Gasteiger partial charge < -0.3 is 5.73 Å². The molecule has 3 nitrogen and oxygen atoms in total. The van der Waals surface area contributed by atoms with Crippen LogP contribution in [0.25, 0.3) is 0 Å². The number of rotatable bonds is 3. The molecule has 0 aliphatic rings. The van der Waals surface area contributed by atoms with Gasteiger partial charge in [0, 0.05) is 12.1 Å². The average Bonchev–Trinajstić information content (AvgIpc) is 2.34. The van der Waals surface area contributed by atoms with Crippen LogP contribution < -0.4 is 5.73 Å². The SMILES string of the molecule is CCn1ncc(CCN)c1Cl. The Bertz CT molecular complexity index is 232. The summed E-state index contributed by atoms with van der Waals surface area (Å²) < 4.78 is 1.76. The Balaban J connectivity index is 2.82. The third kappa shape index (κ3) is 1.73. The monoisotopic (exact) mass is 173 g/mol. The largest absolute Gasteiger partial charge is 0.330 e. The van der Waals surface area contributed by atoms with Crippen LogP contribution in [0.15, 0.2) is 6.20 Å². The van der Waals surface area contributed by atoms with Crippen LogP contribution in [0.1, 0.15) is 12.5 Å². The Kier molecular flexibility index (Phi) is 2.91. The van der Waals surface area contributed by atoms with Crippen molar-refractivity contribution >= 4 is 11.6 Å². The standard InChI is InChI=1S/C7H12ClN3/c1-2-11-7(8)6(3-4-9)5-10-11/h5H,2-4,9H2,1H3. The summed E-state index contributed by atoms with van der Waals surface area (Å²) in [7, 11) is 0. The van der Waals surface area contributed by atoms with Gasteiger partial charge in [-0.2, -0.15) is 5.10 Å². The first-order chi connectivity index (χ1) is 5.29. The number of aromatic nitrogens is 2. The van der Waals surface area contributed by atoms with E-state index in [1.165, 1.54) is 0 Å². The lowest BCUT2D eigenvalue weighted by atomic mass is 10.3. The van der Waals surface area contributed by atoms with Gasteiger partial charge in [0.1, 0.15) is 5.15 Å². The molecule has 0 radical (unpaired) electrons. The van der Waals surface area contributed by atoms with E-state index in [4.69, 9.17) is 17.3 Å². The summed E-state index contributed by atoms with van der Waals surface area (Å²) in [5.41, 5.74) is 6.42. The van der Waals surface area contributed by atoms with Crippen molar-refractivity contribution in [3.63, 3.8) is 0 Å². The zero-order chi connectivity index (χ0) is 8.27. The molecular weight excluding hydrogens is 162 g/mol. The van der Waals surface area contributed by atoms with Gasteiger partial charge in [0.25, 0.3) is 0 Å². The average molecular weight is 174 g/mol. The molecular formula is C7H12ClN3. The molecule has 2 N–H and O–H groups in total. The second kappa shape index (κ2) is 3.74. The van der Waals surface area contributed by atoms with Crippen LogP contribution >= 0.6 is 11.6 Å². The van der Waals surface area contributed by atoms with E-state index in [2.05, 4.69) is 5.10 Å². The molecule has 0 saturated heterocycles. The van der Waals surface area contributed by atoms with Crippen molar-refractivity contribution < 1.29 is 0 Å². The molecule has 1 aromatic heterocycles. The van der Waals surface area contributed by atoms with Crippen LogP contribution in [0.5, 0.6) is 0 Å². The van der Waals surface area contributed by atoms with Gasteiger partial charge in [-0.25, -0.2) is 0 Å². The third-order valence-corrected chi connectivity index (χ3v) is 2.00. The lowest BCUT2D eigenvalue weighted by Gasteiger charge is -1.97. The van der Waals surface area contributed by atoms with Crippen molar-refractivity contribution in [3.8, 4) is 0 Å². The van der Waals surface area contributed by atoms with Crippen LogP contribution in [0, 0.1) is 0 Å². The lowest BCUT2D eigenvalue weighted by Crippen LogP contribution is -2.03. The predicted molar refractivity (Wildman–Crippen MR) is 45.7 cm³/mol. The molecule has 0 aromatic carbocycles. The molecule has 0 spiro atoms. The van der Waals surface area contributed by atoms with E-state index in [1.807, 2.05) is 6.92 Å². The molecule has 0 aliphatic heterocycles. The Morgan fingerprint density at radius 2 is 2.45 bits per heavy atom. The summed E-state index contributed by atoms with van der Waals surface area (Å²) in [6, 6.07) is 0. The summed E-state index contributed by atoms with van der Waals surface area (Å²) >= 11 is 5.95. The second-order valence-corrected chi connectivity index (χ2v) is 2.67. The summed E-state index contributed by atoms with van der Waals surface area (Å²) in [4.78, 5) is 0. The summed E-state index contributed by atoms with van der Waals surface area (Å²) in [6.07, 6.45) is 2.58. The van der Waals surface area contributed by atoms with E-state index in [0.29, 0.717) is 6.54 Å². The quantitative estimate of drug-likeness (QED) is 0.743. The maximum absolute atomic E-state index is 5.95. The fourth-order valence-electron chi connectivity index (χ4n) is 0.953. The predicted octanol–water partition coefficient (Wildman–Crippen LogP) is 1.06. The molecule has 0 fully saturated rings. The normalized spacial score (nSPS) is 10.5. The zero-order valence-corrected chi connectivity index (χ0v) is 7.30. The van der Waals surface area contributed by atoms with Crippen molar-refractivity contribution in [3.05, 3.63) is 16.9 Å². The minimum Gasteiger partial charge on any atom is -0.330 e. The third-order valence-electron chi connectivity index (χ3n) is 1.56. The van der Waals surface area contributed by atoms with Crippen molar-refractivity contribution in [2.24, 2.45) is 5.73 Å². The van der Waals surface area contributed by atoms with Gasteiger partial charge in [-0.15, -0.1) is 0 Å². The van der Waals surface area contributed by atoms with Gasteiger partial charge in [0.2, 0.25) is 0 Å². The van der Waals surface area contributed by atoms with Crippen molar-refractivity contribution in [2.45, 2.75) is 19.9 Å². The smallest absolute Gasteiger partial charge is 0.130 e. The summed E-state index contributed by atoms with van der Waals surface area (Å²) in [5.74, 6) is 0. The minimum atomic E-state index is 0.620.